The maximum atomic E-state index is 4.08. The summed E-state index contributed by atoms with van der Waals surface area (Å²) in [5, 5.41) is 3.62. The number of aromatic nitrogens is 1. The molecule has 0 aliphatic rings. The fraction of sp³-hybridized carbons (Fsp3) is 0.150. The zero-order chi connectivity index (χ0) is 15.2. The predicted molar refractivity (Wildman–Crippen MR) is 92.0 cm³/mol. The van der Waals surface area contributed by atoms with Gasteiger partial charge >= 0.3 is 0 Å². The number of nitrogens with one attached hydrogen (secondary N) is 1. The van der Waals surface area contributed by atoms with Gasteiger partial charge in [0, 0.05) is 24.1 Å². The average Bonchev–Trinajstić information content (AvgIpc) is 2.58. The summed E-state index contributed by atoms with van der Waals surface area (Å²) in [5.74, 6) is 0. The van der Waals surface area contributed by atoms with Gasteiger partial charge in [0.25, 0.3) is 0 Å². The van der Waals surface area contributed by atoms with Crippen molar-refractivity contribution in [2.75, 3.05) is 5.32 Å². The van der Waals surface area contributed by atoms with Crippen molar-refractivity contribution >= 4 is 5.69 Å². The number of hydrogen-bond acceptors (Lipinski definition) is 2. The quantitative estimate of drug-likeness (QED) is 0.726. The first-order valence-corrected chi connectivity index (χ1v) is 7.61. The van der Waals surface area contributed by atoms with Crippen LogP contribution >= 0.6 is 0 Å². The van der Waals surface area contributed by atoms with Gasteiger partial charge in [-0.3, -0.25) is 4.98 Å². The number of nitrogens with zero attached hydrogens (tertiary/aromatic N) is 1. The van der Waals surface area contributed by atoms with Crippen molar-refractivity contribution in [2.45, 2.75) is 19.4 Å². The van der Waals surface area contributed by atoms with Crippen LogP contribution in [0, 0.1) is 0 Å². The first-order chi connectivity index (χ1) is 10.8. The summed E-state index contributed by atoms with van der Waals surface area (Å²) in [6.07, 6.45) is 4.61. The molecule has 0 saturated heterocycles. The molecule has 1 aromatic heterocycles. The zero-order valence-electron chi connectivity index (χ0n) is 12.7. The lowest BCUT2D eigenvalue weighted by Crippen LogP contribution is -2.08. The molecule has 3 rings (SSSR count). The third kappa shape index (κ3) is 3.53. The van der Waals surface area contributed by atoms with Crippen LogP contribution in [0.5, 0.6) is 0 Å². The SMILES string of the molecule is CC(Nc1ccccc1Cc1ccccc1)c1ccncc1. The summed E-state index contributed by atoms with van der Waals surface area (Å²) in [6.45, 7) is 2.18. The van der Waals surface area contributed by atoms with E-state index in [9.17, 15) is 0 Å². The molecule has 1 atom stereocenters. The van der Waals surface area contributed by atoms with Crippen LogP contribution in [-0.2, 0) is 6.42 Å². The summed E-state index contributed by atoms with van der Waals surface area (Å²) in [7, 11) is 0. The molecule has 110 valence electrons. The number of pyridine rings is 1. The van der Waals surface area contributed by atoms with E-state index in [1.54, 1.807) is 0 Å². The van der Waals surface area contributed by atoms with Gasteiger partial charge in [0.1, 0.15) is 0 Å². The van der Waals surface area contributed by atoms with Gasteiger partial charge in [0.15, 0.2) is 0 Å². The van der Waals surface area contributed by atoms with Crippen molar-refractivity contribution in [3.8, 4) is 0 Å². The van der Waals surface area contributed by atoms with Crippen LogP contribution in [0.4, 0.5) is 5.69 Å². The minimum Gasteiger partial charge on any atom is -0.378 e. The number of rotatable bonds is 5. The Morgan fingerprint density at radius 1 is 0.864 bits per heavy atom. The zero-order valence-corrected chi connectivity index (χ0v) is 12.7. The molecule has 2 heteroatoms. The summed E-state index contributed by atoms with van der Waals surface area (Å²) >= 11 is 0. The highest BCUT2D eigenvalue weighted by Crippen LogP contribution is 2.24. The Morgan fingerprint density at radius 2 is 1.55 bits per heavy atom. The van der Waals surface area contributed by atoms with Crippen LogP contribution in [0.2, 0.25) is 0 Å². The van der Waals surface area contributed by atoms with Crippen molar-refractivity contribution in [3.63, 3.8) is 0 Å². The first-order valence-electron chi connectivity index (χ1n) is 7.61. The van der Waals surface area contributed by atoms with Crippen molar-refractivity contribution < 1.29 is 0 Å². The lowest BCUT2D eigenvalue weighted by atomic mass is 10.0. The fourth-order valence-electron chi connectivity index (χ4n) is 2.60. The first kappa shape index (κ1) is 14.3. The predicted octanol–water partition coefficient (Wildman–Crippen LogP) is 4.85. The minimum atomic E-state index is 0.250. The molecule has 0 saturated carbocycles. The topological polar surface area (TPSA) is 24.9 Å². The largest absolute Gasteiger partial charge is 0.378 e. The Morgan fingerprint density at radius 3 is 2.32 bits per heavy atom. The molecule has 0 radical (unpaired) electrons. The molecule has 1 N–H and O–H groups in total. The number of anilines is 1. The molecule has 3 aromatic rings. The van der Waals surface area contributed by atoms with Gasteiger partial charge in [-0.1, -0.05) is 48.5 Å². The van der Waals surface area contributed by atoms with Gasteiger partial charge < -0.3 is 5.32 Å². The van der Waals surface area contributed by atoms with Crippen LogP contribution < -0.4 is 5.32 Å². The van der Waals surface area contributed by atoms with Crippen molar-refractivity contribution in [2.24, 2.45) is 0 Å². The maximum Gasteiger partial charge on any atom is 0.0486 e. The summed E-state index contributed by atoms with van der Waals surface area (Å²) < 4.78 is 0. The third-order valence-corrected chi connectivity index (χ3v) is 3.83. The van der Waals surface area contributed by atoms with Crippen LogP contribution in [0.15, 0.2) is 79.1 Å². The molecule has 0 aliphatic heterocycles. The third-order valence-electron chi connectivity index (χ3n) is 3.83. The number of para-hydroxylation sites is 1. The van der Waals surface area contributed by atoms with E-state index in [4.69, 9.17) is 0 Å². The van der Waals surface area contributed by atoms with Crippen LogP contribution in [0.25, 0.3) is 0 Å². The summed E-state index contributed by atoms with van der Waals surface area (Å²) in [4.78, 5) is 4.08. The van der Waals surface area contributed by atoms with Crippen molar-refractivity contribution in [3.05, 3.63) is 95.8 Å². The highest BCUT2D eigenvalue weighted by molar-refractivity contribution is 5.54. The van der Waals surface area contributed by atoms with Gasteiger partial charge in [-0.05, 0) is 48.2 Å². The van der Waals surface area contributed by atoms with E-state index in [0.717, 1.165) is 6.42 Å². The number of benzene rings is 2. The molecule has 22 heavy (non-hydrogen) atoms. The molecule has 0 spiro atoms. The Labute approximate surface area is 131 Å². The highest BCUT2D eigenvalue weighted by Gasteiger charge is 2.08. The smallest absolute Gasteiger partial charge is 0.0486 e. The summed E-state index contributed by atoms with van der Waals surface area (Å²) in [5.41, 5.74) is 5.07. The molecule has 2 aromatic carbocycles. The Balaban J connectivity index is 1.79. The van der Waals surface area contributed by atoms with Gasteiger partial charge in [0.05, 0.1) is 0 Å². The molecule has 0 amide bonds. The fourth-order valence-corrected chi connectivity index (χ4v) is 2.60. The van der Waals surface area contributed by atoms with Crippen LogP contribution in [0.3, 0.4) is 0 Å². The van der Waals surface area contributed by atoms with Crippen molar-refractivity contribution in [1.82, 2.24) is 4.98 Å². The standard InChI is InChI=1S/C20H20N2/c1-16(18-11-13-21-14-12-18)22-20-10-6-5-9-19(20)15-17-7-3-2-4-8-17/h2-14,16,22H,15H2,1H3. The molecule has 0 bridgehead atoms. The lowest BCUT2D eigenvalue weighted by Gasteiger charge is -2.18. The second-order valence-corrected chi connectivity index (χ2v) is 5.47. The monoisotopic (exact) mass is 288 g/mol. The van der Waals surface area contributed by atoms with E-state index in [2.05, 4.69) is 84.0 Å². The summed E-state index contributed by atoms with van der Waals surface area (Å²) in [6, 6.07) is 23.4. The molecule has 1 unspecified atom stereocenters. The van der Waals surface area contributed by atoms with Crippen LogP contribution in [-0.4, -0.2) is 4.98 Å². The molecule has 2 nitrogen and oxygen atoms in total. The second kappa shape index (κ2) is 6.90. The Bertz CT molecular complexity index is 708. The normalized spacial score (nSPS) is 11.9. The molecule has 1 heterocycles. The molecule has 0 fully saturated rings. The van der Waals surface area contributed by atoms with Crippen LogP contribution in [0.1, 0.15) is 29.7 Å². The van der Waals surface area contributed by atoms with Crippen molar-refractivity contribution in [1.29, 1.82) is 0 Å². The maximum absolute atomic E-state index is 4.08. The lowest BCUT2D eigenvalue weighted by molar-refractivity contribution is 0.876. The van der Waals surface area contributed by atoms with E-state index in [1.807, 2.05) is 12.4 Å². The average molecular weight is 288 g/mol. The number of hydrogen-bond donors (Lipinski definition) is 1. The second-order valence-electron chi connectivity index (χ2n) is 5.47. The highest BCUT2D eigenvalue weighted by atomic mass is 14.9. The van der Waals surface area contributed by atoms with E-state index in [-0.39, 0.29) is 6.04 Å². The molecular formula is C20H20N2. The minimum absolute atomic E-state index is 0.250. The van der Waals surface area contributed by atoms with E-state index in [0.29, 0.717) is 0 Å². The van der Waals surface area contributed by atoms with Gasteiger partial charge in [-0.2, -0.15) is 0 Å². The van der Waals surface area contributed by atoms with Gasteiger partial charge in [-0.25, -0.2) is 0 Å². The Kier molecular flexibility index (Phi) is 4.50. The van der Waals surface area contributed by atoms with E-state index in [1.165, 1.54) is 22.4 Å². The van der Waals surface area contributed by atoms with E-state index < -0.39 is 0 Å². The van der Waals surface area contributed by atoms with Gasteiger partial charge in [0.2, 0.25) is 0 Å². The van der Waals surface area contributed by atoms with E-state index >= 15 is 0 Å². The molecular weight excluding hydrogens is 268 g/mol. The molecule has 0 aliphatic carbocycles. The van der Waals surface area contributed by atoms with Gasteiger partial charge in [-0.15, -0.1) is 0 Å². The Hall–Kier alpha value is -2.61.